The maximum absolute atomic E-state index is 4.75. The maximum atomic E-state index is 4.75. The Balaban J connectivity index is 0.00000300. The Kier molecular flexibility index (Phi) is 9.92. The van der Waals surface area contributed by atoms with Crippen molar-refractivity contribution in [2.45, 2.75) is 59.5 Å². The summed E-state index contributed by atoms with van der Waals surface area (Å²) >= 11 is 0. The second-order valence-corrected chi connectivity index (χ2v) is 7.59. The molecule has 0 aliphatic rings. The number of rotatable bonds is 12. The number of nitrogens with one attached hydrogen (secondary N) is 1. The Labute approximate surface area is 182 Å². The van der Waals surface area contributed by atoms with Crippen LogP contribution < -0.4 is 5.32 Å². The van der Waals surface area contributed by atoms with Crippen LogP contribution in [-0.2, 0) is 13.1 Å². The van der Waals surface area contributed by atoms with Crippen molar-refractivity contribution in [2.75, 3.05) is 26.2 Å². The lowest BCUT2D eigenvalue weighted by atomic mass is 10.1. The second kappa shape index (κ2) is 12.2. The molecule has 29 heavy (non-hydrogen) atoms. The van der Waals surface area contributed by atoms with Crippen molar-refractivity contribution >= 4 is 34.2 Å². The van der Waals surface area contributed by atoms with Gasteiger partial charge in [0, 0.05) is 35.6 Å². The Hall–Kier alpha value is -1.62. The monoisotopic (exact) mass is 416 g/mol. The van der Waals surface area contributed by atoms with Crippen molar-refractivity contribution in [3.05, 3.63) is 42.2 Å². The molecule has 0 saturated carbocycles. The number of pyridine rings is 1. The summed E-state index contributed by atoms with van der Waals surface area (Å²) in [6, 6.07) is 10.9. The SMILES string of the molecule is CCCCn1c2ccccc2c2ccnc(CNCCCCN(CC)CC)c21.Cl. The molecule has 0 amide bonds. The summed E-state index contributed by atoms with van der Waals surface area (Å²) in [5, 5.41) is 6.31. The Morgan fingerprint density at radius 1 is 0.966 bits per heavy atom. The van der Waals surface area contributed by atoms with Gasteiger partial charge in [-0.1, -0.05) is 45.4 Å². The van der Waals surface area contributed by atoms with Crippen LogP contribution in [-0.4, -0.2) is 40.6 Å². The first-order chi connectivity index (χ1) is 13.8. The zero-order valence-electron chi connectivity index (χ0n) is 18.3. The number of benzene rings is 1. The first-order valence-electron chi connectivity index (χ1n) is 11.1. The van der Waals surface area contributed by atoms with Gasteiger partial charge in [-0.2, -0.15) is 0 Å². The number of fused-ring (bicyclic) bond motifs is 3. The predicted molar refractivity (Wildman–Crippen MR) is 128 cm³/mol. The lowest BCUT2D eigenvalue weighted by molar-refractivity contribution is 0.296. The molecule has 0 spiro atoms. The van der Waals surface area contributed by atoms with E-state index in [1.165, 1.54) is 59.7 Å². The van der Waals surface area contributed by atoms with E-state index in [2.05, 4.69) is 65.9 Å². The summed E-state index contributed by atoms with van der Waals surface area (Å²) in [5.41, 5.74) is 3.82. The predicted octanol–water partition coefficient (Wildman–Crippen LogP) is 5.62. The summed E-state index contributed by atoms with van der Waals surface area (Å²) in [5.74, 6) is 0. The molecule has 0 fully saturated rings. The van der Waals surface area contributed by atoms with Crippen LogP contribution in [0.4, 0.5) is 0 Å². The van der Waals surface area contributed by atoms with E-state index in [4.69, 9.17) is 4.98 Å². The second-order valence-electron chi connectivity index (χ2n) is 7.59. The van der Waals surface area contributed by atoms with Gasteiger partial charge in [-0.25, -0.2) is 0 Å². The number of aromatic nitrogens is 2. The fourth-order valence-electron chi connectivity index (χ4n) is 4.08. The van der Waals surface area contributed by atoms with E-state index in [-0.39, 0.29) is 12.4 Å². The molecule has 1 N–H and O–H groups in total. The third-order valence-electron chi connectivity index (χ3n) is 5.76. The first-order valence-corrected chi connectivity index (χ1v) is 11.1. The fourth-order valence-corrected chi connectivity index (χ4v) is 4.08. The minimum Gasteiger partial charge on any atom is -0.339 e. The van der Waals surface area contributed by atoms with Gasteiger partial charge in [-0.15, -0.1) is 12.4 Å². The molecular weight excluding hydrogens is 380 g/mol. The molecule has 0 unspecified atom stereocenters. The Bertz CT molecular complexity index is 870. The van der Waals surface area contributed by atoms with E-state index in [9.17, 15) is 0 Å². The van der Waals surface area contributed by atoms with Crippen molar-refractivity contribution in [3.8, 4) is 0 Å². The standard InChI is InChI=1S/C24H36N4.ClH/c1-4-7-18-28-23-13-9-8-12-20(23)21-14-16-26-22(24(21)28)19-25-15-10-11-17-27(5-2)6-3;/h8-9,12-14,16,25H,4-7,10-11,15,17-19H2,1-3H3;1H. The van der Waals surface area contributed by atoms with Crippen LogP contribution >= 0.6 is 12.4 Å². The minimum atomic E-state index is 0. The van der Waals surface area contributed by atoms with E-state index in [1.807, 2.05) is 6.20 Å². The van der Waals surface area contributed by atoms with Gasteiger partial charge in [0.25, 0.3) is 0 Å². The van der Waals surface area contributed by atoms with Crippen molar-refractivity contribution in [2.24, 2.45) is 0 Å². The van der Waals surface area contributed by atoms with Gasteiger partial charge in [0.2, 0.25) is 0 Å². The number of nitrogens with zero attached hydrogens (tertiary/aromatic N) is 3. The average molecular weight is 417 g/mol. The fraction of sp³-hybridized carbons (Fsp3) is 0.542. The van der Waals surface area contributed by atoms with Gasteiger partial charge in [-0.3, -0.25) is 4.98 Å². The summed E-state index contributed by atoms with van der Waals surface area (Å²) < 4.78 is 2.48. The molecule has 1 aromatic carbocycles. The quantitative estimate of drug-likeness (QED) is 0.389. The number of hydrogen-bond donors (Lipinski definition) is 1. The van der Waals surface area contributed by atoms with Gasteiger partial charge < -0.3 is 14.8 Å². The average Bonchev–Trinajstić information content (AvgIpc) is 3.06. The first kappa shape index (κ1) is 23.7. The lowest BCUT2D eigenvalue weighted by Gasteiger charge is -2.17. The van der Waals surface area contributed by atoms with E-state index in [0.29, 0.717) is 0 Å². The zero-order valence-corrected chi connectivity index (χ0v) is 19.1. The molecule has 5 heteroatoms. The van der Waals surface area contributed by atoms with Gasteiger partial charge >= 0.3 is 0 Å². The third-order valence-corrected chi connectivity index (χ3v) is 5.76. The third kappa shape index (κ3) is 5.71. The minimum absolute atomic E-state index is 0. The summed E-state index contributed by atoms with van der Waals surface area (Å²) in [6.45, 7) is 13.2. The highest BCUT2D eigenvalue weighted by Gasteiger charge is 2.14. The van der Waals surface area contributed by atoms with Crippen LogP contribution in [0, 0.1) is 0 Å². The van der Waals surface area contributed by atoms with Crippen LogP contribution in [0.3, 0.4) is 0 Å². The lowest BCUT2D eigenvalue weighted by Crippen LogP contribution is -2.25. The molecule has 2 aromatic heterocycles. The summed E-state index contributed by atoms with van der Waals surface area (Å²) in [4.78, 5) is 7.25. The number of hydrogen-bond acceptors (Lipinski definition) is 3. The van der Waals surface area contributed by atoms with Crippen LogP contribution in [0.15, 0.2) is 36.5 Å². The topological polar surface area (TPSA) is 33.1 Å². The number of para-hydroxylation sites is 1. The van der Waals surface area contributed by atoms with Gasteiger partial charge in [0.15, 0.2) is 0 Å². The van der Waals surface area contributed by atoms with Crippen molar-refractivity contribution in [3.63, 3.8) is 0 Å². The Morgan fingerprint density at radius 2 is 1.76 bits per heavy atom. The van der Waals surface area contributed by atoms with Gasteiger partial charge in [0.1, 0.15) is 0 Å². The maximum Gasteiger partial charge on any atom is 0.0784 e. The highest BCUT2D eigenvalue weighted by atomic mass is 35.5. The molecule has 3 aromatic rings. The molecule has 0 atom stereocenters. The molecule has 160 valence electrons. The molecule has 0 aliphatic carbocycles. The van der Waals surface area contributed by atoms with E-state index >= 15 is 0 Å². The highest BCUT2D eigenvalue weighted by Crippen LogP contribution is 2.30. The van der Waals surface area contributed by atoms with E-state index in [1.54, 1.807) is 0 Å². The molecule has 0 bridgehead atoms. The van der Waals surface area contributed by atoms with Crippen LogP contribution in [0.2, 0.25) is 0 Å². The Morgan fingerprint density at radius 3 is 2.52 bits per heavy atom. The zero-order chi connectivity index (χ0) is 19.8. The molecule has 3 rings (SSSR count). The summed E-state index contributed by atoms with van der Waals surface area (Å²) in [7, 11) is 0. The molecule has 2 heterocycles. The number of aryl methyl sites for hydroxylation is 1. The van der Waals surface area contributed by atoms with Gasteiger partial charge in [0.05, 0.1) is 11.2 Å². The van der Waals surface area contributed by atoms with Crippen molar-refractivity contribution in [1.29, 1.82) is 0 Å². The van der Waals surface area contributed by atoms with Crippen LogP contribution in [0.5, 0.6) is 0 Å². The van der Waals surface area contributed by atoms with E-state index < -0.39 is 0 Å². The molecule has 4 nitrogen and oxygen atoms in total. The number of unbranched alkanes of at least 4 members (excludes halogenated alkanes) is 2. The van der Waals surface area contributed by atoms with Crippen molar-refractivity contribution < 1.29 is 0 Å². The highest BCUT2D eigenvalue weighted by molar-refractivity contribution is 6.08. The molecular formula is C24H37ClN4. The van der Waals surface area contributed by atoms with Crippen molar-refractivity contribution in [1.82, 2.24) is 19.8 Å². The summed E-state index contributed by atoms with van der Waals surface area (Å²) in [6.07, 6.45) is 6.83. The largest absolute Gasteiger partial charge is 0.339 e. The number of halogens is 1. The smallest absolute Gasteiger partial charge is 0.0784 e. The van der Waals surface area contributed by atoms with Gasteiger partial charge in [-0.05, 0) is 57.6 Å². The molecule has 0 saturated heterocycles. The normalized spacial score (nSPS) is 11.4. The van der Waals surface area contributed by atoms with Crippen LogP contribution in [0.25, 0.3) is 21.8 Å². The van der Waals surface area contributed by atoms with Crippen LogP contribution in [0.1, 0.15) is 52.1 Å². The molecule has 0 aliphatic heterocycles. The molecule has 0 radical (unpaired) electrons. The van der Waals surface area contributed by atoms with E-state index in [0.717, 1.165) is 32.7 Å².